The van der Waals surface area contributed by atoms with Crippen LogP contribution in [-0.4, -0.2) is 116 Å². The molecule has 0 spiro atoms. The number of alkyl carbamates (subject to hydrolysis) is 2. The van der Waals surface area contributed by atoms with Crippen molar-refractivity contribution >= 4 is 47.5 Å². The summed E-state index contributed by atoms with van der Waals surface area (Å²) in [6.45, 7) is 10.4. The molecule has 2 heterocycles. The monoisotopic (exact) mass is 733 g/mol. The van der Waals surface area contributed by atoms with E-state index in [2.05, 4.69) is 41.4 Å². The number of hydrogen-bond donors (Lipinski definition) is 6. The Morgan fingerprint density at radius 1 is 0.808 bits per heavy atom. The summed E-state index contributed by atoms with van der Waals surface area (Å²) in [4.78, 5) is 107. The Morgan fingerprint density at radius 2 is 1.42 bits per heavy atom. The maximum Gasteiger partial charge on any atom is 0.407 e. The summed E-state index contributed by atoms with van der Waals surface area (Å²) >= 11 is 0. The van der Waals surface area contributed by atoms with Crippen molar-refractivity contribution in [3.8, 4) is 0 Å². The molecule has 4 aliphatic rings. The SMILES string of the molecule is COC(=O)NC[C@H](NC(=O)OC)C(=O)N[C@H](C(=O)N[C@H](C(=O)N1C[C@@H]2CC3CC[C@@H](C(=O)C(=O)NC4CC4)NC(=O)[C@@H]1[C@H]2C3)C(C)(C)C)C(C)(C)C. The lowest BCUT2D eigenvalue weighted by Gasteiger charge is -2.38. The molecule has 4 rings (SSSR count). The van der Waals surface area contributed by atoms with E-state index in [9.17, 15) is 38.4 Å². The molecule has 1 unspecified atom stereocenters. The first-order chi connectivity index (χ1) is 24.2. The van der Waals surface area contributed by atoms with E-state index in [1.54, 1.807) is 41.5 Å². The van der Waals surface area contributed by atoms with E-state index in [-0.39, 0.29) is 30.3 Å². The highest BCUT2D eigenvalue weighted by atomic mass is 16.5. The zero-order valence-corrected chi connectivity index (χ0v) is 31.4. The third kappa shape index (κ3) is 9.70. The maximum absolute atomic E-state index is 14.6. The summed E-state index contributed by atoms with van der Waals surface area (Å²) < 4.78 is 9.16. The van der Waals surface area contributed by atoms with E-state index in [1.807, 2.05) is 0 Å². The second kappa shape index (κ2) is 16.1. The molecule has 2 aliphatic heterocycles. The van der Waals surface area contributed by atoms with Crippen molar-refractivity contribution in [1.29, 1.82) is 0 Å². The normalized spacial score (nSPS) is 25.8. The van der Waals surface area contributed by atoms with Gasteiger partial charge in [0.25, 0.3) is 5.91 Å². The summed E-state index contributed by atoms with van der Waals surface area (Å²) in [7, 11) is 2.24. The topological polar surface area (TPSA) is 230 Å². The summed E-state index contributed by atoms with van der Waals surface area (Å²) in [6, 6.07) is -5.62. The molecule has 8 atom stereocenters. The molecule has 0 radical (unpaired) electrons. The van der Waals surface area contributed by atoms with Crippen LogP contribution in [0.5, 0.6) is 0 Å². The maximum atomic E-state index is 14.6. The Morgan fingerprint density at radius 3 is 2.00 bits per heavy atom. The molecule has 17 nitrogen and oxygen atoms in total. The number of fused-ring (bicyclic) bond motifs is 1. The minimum atomic E-state index is -1.35. The first-order valence-electron chi connectivity index (χ1n) is 18.0. The molecule has 2 saturated heterocycles. The minimum absolute atomic E-state index is 0.0134. The summed E-state index contributed by atoms with van der Waals surface area (Å²) in [6.07, 6.45) is 2.33. The van der Waals surface area contributed by atoms with Gasteiger partial charge in [-0.05, 0) is 67.1 Å². The van der Waals surface area contributed by atoms with Crippen molar-refractivity contribution in [2.24, 2.45) is 28.6 Å². The van der Waals surface area contributed by atoms with Crippen molar-refractivity contribution in [2.75, 3.05) is 27.3 Å². The zero-order valence-electron chi connectivity index (χ0n) is 31.4. The Balaban J connectivity index is 1.54. The highest BCUT2D eigenvalue weighted by Gasteiger charge is 2.55. The molecule has 2 saturated carbocycles. The molecular weight excluding hydrogens is 678 g/mol. The molecule has 2 aliphatic carbocycles. The summed E-state index contributed by atoms with van der Waals surface area (Å²) in [5.41, 5.74) is -1.76. The average molecular weight is 734 g/mol. The van der Waals surface area contributed by atoms with Crippen LogP contribution in [0.25, 0.3) is 0 Å². The van der Waals surface area contributed by atoms with Crippen LogP contribution in [0.4, 0.5) is 9.59 Å². The van der Waals surface area contributed by atoms with E-state index in [0.717, 1.165) is 33.5 Å². The molecule has 0 aromatic heterocycles. The third-order valence-electron chi connectivity index (χ3n) is 10.4. The fourth-order valence-corrected chi connectivity index (χ4v) is 7.47. The van der Waals surface area contributed by atoms with Crippen LogP contribution in [0.2, 0.25) is 0 Å². The van der Waals surface area contributed by atoms with Gasteiger partial charge in [0.05, 0.1) is 26.8 Å². The Labute approximate surface area is 304 Å². The van der Waals surface area contributed by atoms with E-state index < -0.39 is 88.5 Å². The predicted octanol–water partition coefficient (Wildman–Crippen LogP) is 0.108. The van der Waals surface area contributed by atoms with Gasteiger partial charge in [0.1, 0.15) is 24.2 Å². The van der Waals surface area contributed by atoms with Gasteiger partial charge < -0.3 is 46.3 Å². The standard InChI is InChI=1S/C35H55N7O10/c1-34(2,3)25(40-27(44)22(39-33(50)52-8)15-36-32(49)51-7)30(47)41-26(35(4,5)6)31(48)42-16-18-13-17-9-12-21(24(43)29(46)37-19-10-11-19)38-28(45)23(42)20(18)14-17/h17-23,25-26H,9-16H2,1-8H3,(H,36,49)(H,37,46)(H,38,45)(H,39,50)(H,40,44)(H,41,47)/t17?,18-,20-,21-,22-,23-,25+,26+/m0/s1. The van der Waals surface area contributed by atoms with Crippen LogP contribution in [0, 0.1) is 28.6 Å². The Bertz CT molecular complexity index is 1440. The van der Waals surface area contributed by atoms with E-state index in [0.29, 0.717) is 25.8 Å². The van der Waals surface area contributed by atoms with Crippen LogP contribution in [0.3, 0.4) is 0 Å². The Kier molecular flexibility index (Phi) is 12.5. The highest BCUT2D eigenvalue weighted by molar-refractivity contribution is 6.38. The first kappa shape index (κ1) is 40.3. The number of methoxy groups -OCH3 is 2. The number of Topliss-reactive ketones (excluding diaryl/α,β-unsaturated/α-hetero) is 1. The number of amides is 7. The average Bonchev–Trinajstić information content (AvgIpc) is 3.68. The minimum Gasteiger partial charge on any atom is -0.453 e. The molecule has 2 bridgehead atoms. The first-order valence-corrected chi connectivity index (χ1v) is 18.0. The molecule has 52 heavy (non-hydrogen) atoms. The van der Waals surface area contributed by atoms with Crippen molar-refractivity contribution in [2.45, 2.75) is 116 Å². The molecule has 7 amide bonds. The molecular formula is C35H55N7O10. The van der Waals surface area contributed by atoms with Crippen molar-refractivity contribution < 1.29 is 47.8 Å². The van der Waals surface area contributed by atoms with Crippen LogP contribution in [-0.2, 0) is 38.2 Å². The summed E-state index contributed by atoms with van der Waals surface area (Å²) in [5, 5.41) is 15.7. The Hall–Kier alpha value is -4.44. The van der Waals surface area contributed by atoms with Crippen LogP contribution < -0.4 is 31.9 Å². The van der Waals surface area contributed by atoms with Crippen molar-refractivity contribution in [1.82, 2.24) is 36.8 Å². The predicted molar refractivity (Wildman–Crippen MR) is 185 cm³/mol. The van der Waals surface area contributed by atoms with Crippen LogP contribution in [0.1, 0.15) is 80.1 Å². The fraction of sp³-hybridized carbons (Fsp3) is 0.771. The van der Waals surface area contributed by atoms with Gasteiger partial charge >= 0.3 is 12.2 Å². The number of hydrogen-bond acceptors (Lipinski definition) is 10. The van der Waals surface area contributed by atoms with E-state index >= 15 is 0 Å². The van der Waals surface area contributed by atoms with Gasteiger partial charge in [-0.1, -0.05) is 41.5 Å². The van der Waals surface area contributed by atoms with Crippen LogP contribution >= 0.6 is 0 Å². The second-order valence-electron chi connectivity index (χ2n) is 16.6. The number of ether oxygens (including phenoxy) is 2. The quantitative estimate of drug-likeness (QED) is 0.157. The van der Waals surface area contributed by atoms with Gasteiger partial charge in [-0.2, -0.15) is 0 Å². The fourth-order valence-electron chi connectivity index (χ4n) is 7.47. The van der Waals surface area contributed by atoms with E-state index in [4.69, 9.17) is 0 Å². The molecule has 290 valence electrons. The smallest absolute Gasteiger partial charge is 0.407 e. The molecule has 0 aromatic carbocycles. The van der Waals surface area contributed by atoms with E-state index in [1.165, 1.54) is 4.90 Å². The number of likely N-dealkylation sites (tertiary alicyclic amines) is 1. The van der Waals surface area contributed by atoms with Crippen molar-refractivity contribution in [3.63, 3.8) is 0 Å². The van der Waals surface area contributed by atoms with Gasteiger partial charge in [0, 0.05) is 12.6 Å². The van der Waals surface area contributed by atoms with Gasteiger partial charge in [0.2, 0.25) is 29.4 Å². The van der Waals surface area contributed by atoms with Gasteiger partial charge in [0.15, 0.2) is 0 Å². The lowest BCUT2D eigenvalue weighted by molar-refractivity contribution is -0.146. The molecule has 0 aromatic rings. The number of nitrogens with one attached hydrogen (secondary N) is 6. The number of rotatable bonds is 11. The number of ketones is 1. The largest absolute Gasteiger partial charge is 0.453 e. The lowest BCUT2D eigenvalue weighted by Crippen LogP contribution is -2.64. The van der Waals surface area contributed by atoms with Crippen molar-refractivity contribution in [3.05, 3.63) is 0 Å². The third-order valence-corrected chi connectivity index (χ3v) is 10.4. The zero-order chi connectivity index (χ0) is 38.7. The number of carbonyl (C=O) groups excluding carboxylic acids is 8. The van der Waals surface area contributed by atoms with Gasteiger partial charge in [-0.15, -0.1) is 0 Å². The molecule has 4 fully saturated rings. The van der Waals surface area contributed by atoms with Gasteiger partial charge in [-0.3, -0.25) is 28.8 Å². The summed E-state index contributed by atoms with van der Waals surface area (Å²) in [5.74, 6) is -3.70. The highest BCUT2D eigenvalue weighted by Crippen LogP contribution is 2.48. The molecule has 17 heteroatoms. The molecule has 6 N–H and O–H groups in total. The second-order valence-corrected chi connectivity index (χ2v) is 16.6. The lowest BCUT2D eigenvalue weighted by atomic mass is 9.82. The van der Waals surface area contributed by atoms with Crippen LogP contribution in [0.15, 0.2) is 0 Å². The van der Waals surface area contributed by atoms with Gasteiger partial charge in [-0.25, -0.2) is 9.59 Å². The number of nitrogens with zero attached hydrogens (tertiary/aromatic N) is 1. The number of carbonyl (C=O) groups is 8.